The molecule has 0 aromatic heterocycles. The summed E-state index contributed by atoms with van der Waals surface area (Å²) in [7, 11) is -3.56. The number of nitrogens with zero attached hydrogens (tertiary/aromatic N) is 1. The summed E-state index contributed by atoms with van der Waals surface area (Å²) in [6.07, 6.45) is 2.79. The minimum absolute atomic E-state index is 0.141. The summed E-state index contributed by atoms with van der Waals surface area (Å²) in [4.78, 5) is 24.8. The van der Waals surface area contributed by atoms with Gasteiger partial charge in [-0.25, -0.2) is 8.42 Å². The lowest BCUT2D eigenvalue weighted by Gasteiger charge is -2.26. The van der Waals surface area contributed by atoms with Gasteiger partial charge >= 0.3 is 0 Å². The van der Waals surface area contributed by atoms with E-state index in [2.05, 4.69) is 10.6 Å². The van der Waals surface area contributed by atoms with Gasteiger partial charge in [0.2, 0.25) is 21.8 Å². The van der Waals surface area contributed by atoms with Crippen molar-refractivity contribution in [3.05, 3.63) is 48.5 Å². The number of rotatable bonds is 7. The summed E-state index contributed by atoms with van der Waals surface area (Å²) in [5.74, 6) is -0.360. The molecule has 1 aliphatic rings. The number of carbonyl (C=O) groups is 2. The van der Waals surface area contributed by atoms with Crippen molar-refractivity contribution in [3.63, 3.8) is 0 Å². The van der Waals surface area contributed by atoms with Gasteiger partial charge in [0, 0.05) is 36.3 Å². The van der Waals surface area contributed by atoms with Crippen LogP contribution in [0.5, 0.6) is 0 Å². The standard InChI is InChI=1S/C22H27N3O4S2/c1-16(30-20-11-9-18(10-12-20)23-17(2)26)22(27)24-19-7-6-8-21(15-19)31(28,29)25-13-4-3-5-14-25/h6-12,15-16H,3-5,13-14H2,1-2H3,(H,23,26)(H,24,27). The lowest BCUT2D eigenvalue weighted by Crippen LogP contribution is -2.35. The molecule has 31 heavy (non-hydrogen) atoms. The highest BCUT2D eigenvalue weighted by atomic mass is 32.2. The molecule has 2 aromatic carbocycles. The molecule has 0 spiro atoms. The Labute approximate surface area is 187 Å². The van der Waals surface area contributed by atoms with Crippen molar-refractivity contribution in [2.45, 2.75) is 48.2 Å². The fraction of sp³-hybridized carbons (Fsp3) is 0.364. The summed E-state index contributed by atoms with van der Waals surface area (Å²) >= 11 is 1.38. The fourth-order valence-electron chi connectivity index (χ4n) is 3.31. The lowest BCUT2D eigenvalue weighted by atomic mass is 10.2. The van der Waals surface area contributed by atoms with Crippen LogP contribution in [-0.2, 0) is 19.6 Å². The van der Waals surface area contributed by atoms with Gasteiger partial charge in [-0.05, 0) is 62.2 Å². The zero-order valence-corrected chi connectivity index (χ0v) is 19.3. The topological polar surface area (TPSA) is 95.6 Å². The molecule has 0 bridgehead atoms. The molecule has 166 valence electrons. The molecule has 3 rings (SSSR count). The van der Waals surface area contributed by atoms with Crippen LogP contribution in [0.15, 0.2) is 58.3 Å². The van der Waals surface area contributed by atoms with E-state index in [-0.39, 0.29) is 16.7 Å². The zero-order chi connectivity index (χ0) is 22.4. The molecule has 2 N–H and O–H groups in total. The summed E-state index contributed by atoms with van der Waals surface area (Å²) in [6.45, 7) is 4.30. The number of nitrogens with one attached hydrogen (secondary N) is 2. The van der Waals surface area contributed by atoms with E-state index in [0.717, 1.165) is 24.2 Å². The molecule has 0 radical (unpaired) electrons. The molecular formula is C22H27N3O4S2. The van der Waals surface area contributed by atoms with E-state index >= 15 is 0 Å². The smallest absolute Gasteiger partial charge is 0.243 e. The number of benzene rings is 2. The van der Waals surface area contributed by atoms with Crippen LogP contribution in [0.1, 0.15) is 33.1 Å². The van der Waals surface area contributed by atoms with Gasteiger partial charge in [-0.1, -0.05) is 12.5 Å². The van der Waals surface area contributed by atoms with Crippen LogP contribution in [-0.4, -0.2) is 42.9 Å². The Bertz CT molecular complexity index is 1030. The highest BCUT2D eigenvalue weighted by Gasteiger charge is 2.26. The van der Waals surface area contributed by atoms with E-state index in [4.69, 9.17) is 0 Å². The molecule has 0 saturated carbocycles. The number of hydrogen-bond donors (Lipinski definition) is 2. The Hall–Kier alpha value is -2.36. The molecular weight excluding hydrogens is 434 g/mol. The molecule has 1 heterocycles. The zero-order valence-electron chi connectivity index (χ0n) is 17.6. The maximum absolute atomic E-state index is 12.9. The summed E-state index contributed by atoms with van der Waals surface area (Å²) in [5, 5.41) is 5.12. The highest BCUT2D eigenvalue weighted by Crippen LogP contribution is 2.27. The van der Waals surface area contributed by atoms with Crippen molar-refractivity contribution in [2.75, 3.05) is 23.7 Å². The number of hydrogen-bond acceptors (Lipinski definition) is 5. The van der Waals surface area contributed by atoms with E-state index in [1.54, 1.807) is 37.3 Å². The van der Waals surface area contributed by atoms with Crippen LogP contribution in [0.3, 0.4) is 0 Å². The first kappa shape index (κ1) is 23.3. The molecule has 2 amide bonds. The Morgan fingerprint density at radius 2 is 1.65 bits per heavy atom. The summed E-state index contributed by atoms with van der Waals surface area (Å²) in [5.41, 5.74) is 1.15. The van der Waals surface area contributed by atoms with Crippen LogP contribution in [0.2, 0.25) is 0 Å². The third-order valence-electron chi connectivity index (χ3n) is 4.91. The van der Waals surface area contributed by atoms with E-state index in [0.29, 0.717) is 24.5 Å². The maximum Gasteiger partial charge on any atom is 0.243 e. The van der Waals surface area contributed by atoms with Gasteiger partial charge in [-0.3, -0.25) is 9.59 Å². The highest BCUT2D eigenvalue weighted by molar-refractivity contribution is 8.00. The van der Waals surface area contributed by atoms with Crippen molar-refractivity contribution >= 4 is 45.0 Å². The van der Waals surface area contributed by atoms with E-state index in [1.165, 1.54) is 29.1 Å². The molecule has 1 atom stereocenters. The average Bonchev–Trinajstić information content (AvgIpc) is 2.75. The number of piperidine rings is 1. The van der Waals surface area contributed by atoms with Crippen molar-refractivity contribution in [1.82, 2.24) is 4.31 Å². The van der Waals surface area contributed by atoms with E-state index < -0.39 is 15.3 Å². The van der Waals surface area contributed by atoms with E-state index in [1.807, 2.05) is 12.1 Å². The monoisotopic (exact) mass is 461 g/mol. The second-order valence-electron chi connectivity index (χ2n) is 7.45. The lowest BCUT2D eigenvalue weighted by molar-refractivity contribution is -0.115. The molecule has 0 aliphatic carbocycles. The second kappa shape index (κ2) is 10.3. The fourth-order valence-corrected chi connectivity index (χ4v) is 5.74. The quantitative estimate of drug-likeness (QED) is 0.609. The van der Waals surface area contributed by atoms with Gasteiger partial charge in [0.1, 0.15) is 0 Å². The van der Waals surface area contributed by atoms with Gasteiger partial charge in [0.15, 0.2) is 0 Å². The Balaban J connectivity index is 1.63. The van der Waals surface area contributed by atoms with Gasteiger partial charge in [0.25, 0.3) is 0 Å². The van der Waals surface area contributed by atoms with Crippen LogP contribution in [0, 0.1) is 0 Å². The van der Waals surface area contributed by atoms with Crippen LogP contribution in [0.25, 0.3) is 0 Å². The van der Waals surface area contributed by atoms with Gasteiger partial charge < -0.3 is 10.6 Å². The van der Waals surface area contributed by atoms with Crippen molar-refractivity contribution in [3.8, 4) is 0 Å². The molecule has 2 aromatic rings. The predicted octanol–water partition coefficient (Wildman–Crippen LogP) is 3.94. The third-order valence-corrected chi connectivity index (χ3v) is 7.92. The second-order valence-corrected chi connectivity index (χ2v) is 10.8. The third kappa shape index (κ3) is 6.32. The van der Waals surface area contributed by atoms with Crippen LogP contribution in [0.4, 0.5) is 11.4 Å². The van der Waals surface area contributed by atoms with Crippen molar-refractivity contribution in [2.24, 2.45) is 0 Å². The predicted molar refractivity (Wildman–Crippen MR) is 124 cm³/mol. The maximum atomic E-state index is 12.9. The molecule has 1 fully saturated rings. The van der Waals surface area contributed by atoms with E-state index in [9.17, 15) is 18.0 Å². The number of thioether (sulfide) groups is 1. The van der Waals surface area contributed by atoms with Gasteiger partial charge in [-0.2, -0.15) is 4.31 Å². The SMILES string of the molecule is CC(=O)Nc1ccc(SC(C)C(=O)Nc2cccc(S(=O)(=O)N3CCCCC3)c2)cc1. The number of carbonyl (C=O) groups excluding carboxylic acids is 2. The van der Waals surface area contributed by atoms with Gasteiger partial charge in [0.05, 0.1) is 10.1 Å². The minimum Gasteiger partial charge on any atom is -0.326 e. The first-order valence-electron chi connectivity index (χ1n) is 10.2. The largest absolute Gasteiger partial charge is 0.326 e. The van der Waals surface area contributed by atoms with Crippen LogP contribution >= 0.6 is 11.8 Å². The molecule has 9 heteroatoms. The molecule has 1 aliphatic heterocycles. The van der Waals surface area contributed by atoms with Gasteiger partial charge in [-0.15, -0.1) is 11.8 Å². The first-order chi connectivity index (χ1) is 14.8. The Kier molecular flexibility index (Phi) is 7.74. The Morgan fingerprint density at radius 1 is 0.968 bits per heavy atom. The summed E-state index contributed by atoms with van der Waals surface area (Å²) < 4.78 is 27.3. The molecule has 1 saturated heterocycles. The number of sulfonamides is 1. The van der Waals surface area contributed by atoms with Crippen molar-refractivity contribution < 1.29 is 18.0 Å². The van der Waals surface area contributed by atoms with Crippen LogP contribution < -0.4 is 10.6 Å². The molecule has 1 unspecified atom stereocenters. The minimum atomic E-state index is -3.56. The number of amides is 2. The first-order valence-corrected chi connectivity index (χ1v) is 12.5. The summed E-state index contributed by atoms with van der Waals surface area (Å²) in [6, 6.07) is 13.7. The Morgan fingerprint density at radius 3 is 2.29 bits per heavy atom. The number of anilines is 2. The molecule has 7 nitrogen and oxygen atoms in total. The normalized spacial score (nSPS) is 15.8. The average molecular weight is 462 g/mol. The van der Waals surface area contributed by atoms with Crippen molar-refractivity contribution in [1.29, 1.82) is 0 Å².